The van der Waals surface area contributed by atoms with Crippen LogP contribution in [-0.4, -0.2) is 49.3 Å². The van der Waals surface area contributed by atoms with Gasteiger partial charge in [0.2, 0.25) is 5.91 Å². The number of benzene rings is 1. The second kappa shape index (κ2) is 7.32. The van der Waals surface area contributed by atoms with Crippen LogP contribution in [0.3, 0.4) is 0 Å². The molecule has 2 aliphatic heterocycles. The van der Waals surface area contributed by atoms with Crippen LogP contribution < -0.4 is 25.8 Å². The van der Waals surface area contributed by atoms with Gasteiger partial charge in [-0.2, -0.15) is 0 Å². The van der Waals surface area contributed by atoms with Crippen molar-refractivity contribution in [2.45, 2.75) is 19.1 Å². The second-order valence-electron chi connectivity index (χ2n) is 6.25. The standard InChI is InChI=1S/C16H20F2N4O4/c17-16(18)25-12-4-3-11(8-13(12)26-16)21-15(24)20-5-7-22-6-1-2-10(9-22)14(19)23/h3-4,8,10H,1-2,5-7,9H2,(H2,19,23)(H2,20,21,24). The van der Waals surface area contributed by atoms with Crippen molar-refractivity contribution in [3.63, 3.8) is 0 Å². The Kier molecular flexibility index (Phi) is 5.12. The lowest BCUT2D eigenvalue weighted by Gasteiger charge is -2.31. The zero-order valence-electron chi connectivity index (χ0n) is 14.0. The first-order valence-corrected chi connectivity index (χ1v) is 8.29. The Hall–Kier alpha value is -2.62. The summed E-state index contributed by atoms with van der Waals surface area (Å²) in [5.74, 6) is -0.674. The topological polar surface area (TPSA) is 106 Å². The normalized spacial score (nSPS) is 21.2. The molecule has 0 saturated carbocycles. The molecule has 0 aliphatic carbocycles. The first kappa shape index (κ1) is 18.2. The van der Waals surface area contributed by atoms with E-state index in [0.29, 0.717) is 25.3 Å². The number of carbonyl (C=O) groups is 2. The molecular weight excluding hydrogens is 350 g/mol. The highest BCUT2D eigenvalue weighted by atomic mass is 19.3. The van der Waals surface area contributed by atoms with E-state index in [0.717, 1.165) is 19.4 Å². The molecule has 10 heteroatoms. The fraction of sp³-hybridized carbons (Fsp3) is 0.500. The number of anilines is 1. The molecule has 1 aromatic carbocycles. The Morgan fingerprint density at radius 1 is 1.31 bits per heavy atom. The monoisotopic (exact) mass is 370 g/mol. The molecule has 3 amide bonds. The van der Waals surface area contributed by atoms with E-state index in [1.54, 1.807) is 0 Å². The van der Waals surface area contributed by atoms with Gasteiger partial charge in [0, 0.05) is 31.4 Å². The number of hydrogen-bond donors (Lipinski definition) is 3. The Morgan fingerprint density at radius 3 is 2.85 bits per heavy atom. The van der Waals surface area contributed by atoms with Crippen molar-refractivity contribution >= 4 is 17.6 Å². The number of hydrogen-bond acceptors (Lipinski definition) is 5. The molecule has 1 atom stereocenters. The quantitative estimate of drug-likeness (QED) is 0.725. The van der Waals surface area contributed by atoms with E-state index in [9.17, 15) is 18.4 Å². The molecular formula is C16H20F2N4O4. The summed E-state index contributed by atoms with van der Waals surface area (Å²) in [7, 11) is 0. The molecule has 0 aromatic heterocycles. The Labute approximate surface area is 148 Å². The summed E-state index contributed by atoms with van der Waals surface area (Å²) in [6, 6.07) is 3.52. The third kappa shape index (κ3) is 4.51. The predicted molar refractivity (Wildman–Crippen MR) is 88.0 cm³/mol. The van der Waals surface area contributed by atoms with Crippen LogP contribution in [0.4, 0.5) is 19.3 Å². The lowest BCUT2D eigenvalue weighted by molar-refractivity contribution is -0.286. The third-order valence-corrected chi connectivity index (χ3v) is 4.28. The van der Waals surface area contributed by atoms with E-state index < -0.39 is 12.3 Å². The number of fused-ring (bicyclic) bond motifs is 1. The van der Waals surface area contributed by atoms with Gasteiger partial charge in [-0.1, -0.05) is 0 Å². The maximum atomic E-state index is 13.0. The van der Waals surface area contributed by atoms with Gasteiger partial charge in [0.15, 0.2) is 11.5 Å². The van der Waals surface area contributed by atoms with Crippen LogP contribution in [0.5, 0.6) is 11.5 Å². The molecule has 0 spiro atoms. The summed E-state index contributed by atoms with van der Waals surface area (Å²) < 4.78 is 34.6. The van der Waals surface area contributed by atoms with Crippen molar-refractivity contribution in [1.29, 1.82) is 0 Å². The van der Waals surface area contributed by atoms with Crippen LogP contribution >= 0.6 is 0 Å². The van der Waals surface area contributed by atoms with E-state index in [-0.39, 0.29) is 23.3 Å². The minimum absolute atomic E-state index is 0.0879. The first-order chi connectivity index (χ1) is 12.3. The number of ether oxygens (including phenoxy) is 2. The number of rotatable bonds is 5. The fourth-order valence-electron chi connectivity index (χ4n) is 3.02. The van der Waals surface area contributed by atoms with Crippen LogP contribution in [0.2, 0.25) is 0 Å². The largest absolute Gasteiger partial charge is 0.586 e. The van der Waals surface area contributed by atoms with Gasteiger partial charge in [-0.3, -0.25) is 4.79 Å². The van der Waals surface area contributed by atoms with E-state index in [4.69, 9.17) is 5.73 Å². The summed E-state index contributed by atoms with van der Waals surface area (Å²) in [5.41, 5.74) is 5.64. The van der Waals surface area contributed by atoms with Crippen LogP contribution in [-0.2, 0) is 4.79 Å². The third-order valence-electron chi connectivity index (χ3n) is 4.28. The average Bonchev–Trinajstić information content (AvgIpc) is 2.88. The van der Waals surface area contributed by atoms with Crippen molar-refractivity contribution in [3.05, 3.63) is 18.2 Å². The van der Waals surface area contributed by atoms with Gasteiger partial charge >= 0.3 is 12.3 Å². The minimum Gasteiger partial charge on any atom is -0.395 e. The second-order valence-corrected chi connectivity index (χ2v) is 6.25. The van der Waals surface area contributed by atoms with Crippen molar-refractivity contribution in [2.75, 3.05) is 31.5 Å². The summed E-state index contributed by atoms with van der Waals surface area (Å²) in [6.45, 7) is 2.41. The summed E-state index contributed by atoms with van der Waals surface area (Å²) in [5, 5.41) is 5.22. The molecule has 1 saturated heterocycles. The number of alkyl halides is 2. The van der Waals surface area contributed by atoms with Crippen molar-refractivity contribution in [2.24, 2.45) is 11.7 Å². The maximum Gasteiger partial charge on any atom is 0.586 e. The van der Waals surface area contributed by atoms with Crippen LogP contribution in [0.15, 0.2) is 18.2 Å². The molecule has 2 heterocycles. The number of primary amides is 1. The van der Waals surface area contributed by atoms with Gasteiger partial charge in [0.25, 0.3) is 0 Å². The van der Waals surface area contributed by atoms with E-state index >= 15 is 0 Å². The first-order valence-electron chi connectivity index (χ1n) is 8.29. The molecule has 26 heavy (non-hydrogen) atoms. The highest BCUT2D eigenvalue weighted by molar-refractivity contribution is 5.89. The number of likely N-dealkylation sites (tertiary alicyclic amines) is 1. The van der Waals surface area contributed by atoms with Gasteiger partial charge in [-0.15, -0.1) is 8.78 Å². The lowest BCUT2D eigenvalue weighted by atomic mass is 9.97. The number of piperidine rings is 1. The molecule has 1 unspecified atom stereocenters. The molecule has 0 bridgehead atoms. The maximum absolute atomic E-state index is 13.0. The summed E-state index contributed by atoms with van der Waals surface area (Å²) in [6.07, 6.45) is -2.01. The number of urea groups is 1. The predicted octanol–water partition coefficient (Wildman–Crippen LogP) is 1.33. The SMILES string of the molecule is NC(=O)C1CCCN(CCNC(=O)Nc2ccc3c(c2)OC(F)(F)O3)C1. The average molecular weight is 370 g/mol. The van der Waals surface area contributed by atoms with Crippen LogP contribution in [0.1, 0.15) is 12.8 Å². The van der Waals surface area contributed by atoms with E-state index in [2.05, 4.69) is 25.0 Å². The fourth-order valence-corrected chi connectivity index (χ4v) is 3.02. The summed E-state index contributed by atoms with van der Waals surface area (Å²) >= 11 is 0. The molecule has 8 nitrogen and oxygen atoms in total. The van der Waals surface area contributed by atoms with Gasteiger partial charge in [0.05, 0.1) is 5.92 Å². The van der Waals surface area contributed by atoms with E-state index in [1.165, 1.54) is 18.2 Å². The zero-order chi connectivity index (χ0) is 18.7. The molecule has 142 valence electrons. The number of amides is 3. The number of halogens is 2. The number of nitrogens with zero attached hydrogens (tertiary/aromatic N) is 1. The molecule has 2 aliphatic rings. The smallest absolute Gasteiger partial charge is 0.395 e. The van der Waals surface area contributed by atoms with Crippen LogP contribution in [0.25, 0.3) is 0 Å². The molecule has 4 N–H and O–H groups in total. The van der Waals surface area contributed by atoms with Crippen molar-refractivity contribution < 1.29 is 27.8 Å². The van der Waals surface area contributed by atoms with Gasteiger partial charge < -0.3 is 30.7 Å². The van der Waals surface area contributed by atoms with Gasteiger partial charge in [0.1, 0.15) is 0 Å². The van der Waals surface area contributed by atoms with E-state index in [1.807, 2.05) is 0 Å². The van der Waals surface area contributed by atoms with Crippen molar-refractivity contribution in [1.82, 2.24) is 10.2 Å². The Balaban J connectivity index is 1.43. The van der Waals surface area contributed by atoms with Gasteiger partial charge in [-0.25, -0.2) is 4.79 Å². The number of nitrogens with one attached hydrogen (secondary N) is 2. The van der Waals surface area contributed by atoms with Crippen molar-refractivity contribution in [3.8, 4) is 11.5 Å². The highest BCUT2D eigenvalue weighted by Crippen LogP contribution is 2.42. The zero-order valence-corrected chi connectivity index (χ0v) is 14.0. The Morgan fingerprint density at radius 2 is 2.08 bits per heavy atom. The van der Waals surface area contributed by atoms with Crippen LogP contribution in [0, 0.1) is 5.92 Å². The Bertz CT molecular complexity index is 701. The number of nitrogens with two attached hydrogens (primary N) is 1. The molecule has 3 rings (SSSR count). The number of carbonyl (C=O) groups excluding carboxylic acids is 2. The lowest BCUT2D eigenvalue weighted by Crippen LogP contribution is -2.44. The van der Waals surface area contributed by atoms with Gasteiger partial charge in [-0.05, 0) is 31.5 Å². The minimum atomic E-state index is -3.69. The molecule has 0 radical (unpaired) electrons. The molecule has 1 aromatic rings. The molecule has 1 fully saturated rings. The summed E-state index contributed by atoms with van der Waals surface area (Å²) in [4.78, 5) is 25.2. The highest BCUT2D eigenvalue weighted by Gasteiger charge is 2.43.